The van der Waals surface area contributed by atoms with E-state index in [0.29, 0.717) is 48.0 Å². The van der Waals surface area contributed by atoms with Gasteiger partial charge in [0.15, 0.2) is 5.01 Å². The summed E-state index contributed by atoms with van der Waals surface area (Å²) in [6.07, 6.45) is 0.595. The van der Waals surface area contributed by atoms with Crippen molar-refractivity contribution in [2.24, 2.45) is 0 Å². The summed E-state index contributed by atoms with van der Waals surface area (Å²) >= 11 is 0.867. The fourth-order valence-corrected chi connectivity index (χ4v) is 4.24. The van der Waals surface area contributed by atoms with Crippen molar-refractivity contribution in [2.75, 3.05) is 13.1 Å². The maximum Gasteiger partial charge on any atom is 0.347 e. The van der Waals surface area contributed by atoms with Gasteiger partial charge in [0.1, 0.15) is 4.88 Å². The van der Waals surface area contributed by atoms with Crippen LogP contribution in [0.3, 0.4) is 0 Å². The summed E-state index contributed by atoms with van der Waals surface area (Å²) in [5.74, 6) is -0.846. The minimum absolute atomic E-state index is 0.0593. The summed E-state index contributed by atoms with van der Waals surface area (Å²) < 4.78 is 4.98. The molecule has 1 aromatic carbocycles. The van der Waals surface area contributed by atoms with Gasteiger partial charge in [-0.3, -0.25) is 9.59 Å². The second kappa shape index (κ2) is 8.26. The van der Waals surface area contributed by atoms with Crippen LogP contribution in [-0.2, 0) is 0 Å². The first-order chi connectivity index (χ1) is 14.8. The number of carboxylic acids is 1. The number of aromatic carboxylic acids is 1. The highest BCUT2D eigenvalue weighted by Gasteiger charge is 2.30. The number of carbonyl (C=O) groups is 3. The Hall–Kier alpha value is -3.60. The molecule has 3 aromatic rings. The summed E-state index contributed by atoms with van der Waals surface area (Å²) in [7, 11) is 0. The summed E-state index contributed by atoms with van der Waals surface area (Å²) in [6.45, 7) is 4.03. The lowest BCUT2D eigenvalue weighted by Crippen LogP contribution is -2.38. The molecule has 11 heteroatoms. The zero-order valence-corrected chi connectivity index (χ0v) is 17.6. The Kier molecular flexibility index (Phi) is 5.51. The van der Waals surface area contributed by atoms with Crippen LogP contribution in [0.1, 0.15) is 47.8 Å². The minimum Gasteiger partial charge on any atom is -0.477 e. The van der Waals surface area contributed by atoms with E-state index in [0.717, 1.165) is 11.3 Å². The van der Waals surface area contributed by atoms with Crippen molar-refractivity contribution in [1.82, 2.24) is 25.3 Å². The zero-order valence-electron chi connectivity index (χ0n) is 16.8. The maximum atomic E-state index is 12.7. The van der Waals surface area contributed by atoms with E-state index in [2.05, 4.69) is 20.4 Å². The Morgan fingerprint density at radius 3 is 2.74 bits per heavy atom. The second-order valence-electron chi connectivity index (χ2n) is 7.17. The predicted octanol–water partition coefficient (Wildman–Crippen LogP) is 2.15. The van der Waals surface area contributed by atoms with Gasteiger partial charge in [-0.2, -0.15) is 4.98 Å². The van der Waals surface area contributed by atoms with Gasteiger partial charge in [-0.15, -0.1) is 11.3 Å². The first-order valence-corrected chi connectivity index (χ1v) is 10.3. The molecule has 31 heavy (non-hydrogen) atoms. The van der Waals surface area contributed by atoms with Crippen molar-refractivity contribution < 1.29 is 24.0 Å². The molecule has 2 N–H and O–H groups in total. The van der Waals surface area contributed by atoms with E-state index in [1.165, 1.54) is 0 Å². The molecule has 2 amide bonds. The largest absolute Gasteiger partial charge is 0.477 e. The second-order valence-corrected chi connectivity index (χ2v) is 8.17. The summed E-state index contributed by atoms with van der Waals surface area (Å²) in [6, 6.07) is 6.69. The molecule has 4 rings (SSSR count). The van der Waals surface area contributed by atoms with Crippen LogP contribution in [0.2, 0.25) is 0 Å². The van der Waals surface area contributed by atoms with Crippen molar-refractivity contribution in [3.8, 4) is 11.4 Å². The fraction of sp³-hybridized carbons (Fsp3) is 0.300. The van der Waals surface area contributed by atoms with Crippen molar-refractivity contribution >= 4 is 29.1 Å². The number of aromatic nitrogens is 3. The van der Waals surface area contributed by atoms with Gasteiger partial charge in [0.25, 0.3) is 11.8 Å². The Balaban J connectivity index is 1.40. The molecule has 0 radical (unpaired) electrons. The van der Waals surface area contributed by atoms with Crippen molar-refractivity contribution in [3.05, 3.63) is 51.3 Å². The van der Waals surface area contributed by atoms with Gasteiger partial charge in [0.2, 0.25) is 11.7 Å². The van der Waals surface area contributed by atoms with Crippen molar-refractivity contribution in [2.45, 2.75) is 26.3 Å². The number of nitrogens with one attached hydrogen (secondary N) is 1. The molecule has 0 bridgehead atoms. The van der Waals surface area contributed by atoms with E-state index >= 15 is 0 Å². The van der Waals surface area contributed by atoms with E-state index in [1.807, 2.05) is 0 Å². The number of likely N-dealkylation sites (tertiary alicyclic amines) is 1. The standard InChI is InChI=1S/C20H19N5O5S/c1-10-15(20(28)29)31-18(21-10)19(27)25-7-6-14(9-25)23-17(26)13-5-3-4-12(8-13)16-22-11(2)30-24-16/h3-5,8,14H,6-7,9H2,1-2H3,(H,23,26)(H,28,29)/t14-/m1/s1. The number of hydrogen-bond acceptors (Lipinski definition) is 8. The van der Waals surface area contributed by atoms with Gasteiger partial charge in [-0.25, -0.2) is 9.78 Å². The number of nitrogens with zero attached hydrogens (tertiary/aromatic N) is 4. The summed E-state index contributed by atoms with van der Waals surface area (Å²) in [5.41, 5.74) is 1.44. The lowest BCUT2D eigenvalue weighted by Gasteiger charge is -2.16. The molecule has 1 atom stereocenters. The average molecular weight is 441 g/mol. The van der Waals surface area contributed by atoms with Gasteiger partial charge in [-0.05, 0) is 25.5 Å². The smallest absolute Gasteiger partial charge is 0.347 e. The number of carbonyl (C=O) groups excluding carboxylic acids is 2. The molecule has 1 aliphatic rings. The van der Waals surface area contributed by atoms with E-state index in [9.17, 15) is 14.4 Å². The number of benzene rings is 1. The average Bonchev–Trinajstić information content (AvgIpc) is 3.47. The monoisotopic (exact) mass is 441 g/mol. The minimum atomic E-state index is -1.10. The van der Waals surface area contributed by atoms with Gasteiger partial charge >= 0.3 is 5.97 Å². The summed E-state index contributed by atoms with van der Waals surface area (Å²) in [4.78, 5) is 46.5. The molecule has 1 aliphatic heterocycles. The first-order valence-electron chi connectivity index (χ1n) is 9.53. The van der Waals surface area contributed by atoms with Gasteiger partial charge in [0, 0.05) is 37.2 Å². The highest BCUT2D eigenvalue weighted by Crippen LogP contribution is 2.22. The Labute approximate surface area is 180 Å². The Morgan fingerprint density at radius 2 is 2.06 bits per heavy atom. The third-order valence-electron chi connectivity index (χ3n) is 4.90. The molecule has 3 heterocycles. The van der Waals surface area contributed by atoms with E-state index in [4.69, 9.17) is 9.63 Å². The molecule has 1 fully saturated rings. The molecular formula is C20H19N5O5S. The number of hydrogen-bond donors (Lipinski definition) is 2. The highest BCUT2D eigenvalue weighted by molar-refractivity contribution is 7.15. The third-order valence-corrected chi connectivity index (χ3v) is 6.03. The predicted molar refractivity (Wildman–Crippen MR) is 110 cm³/mol. The number of amides is 2. The van der Waals surface area contributed by atoms with Crippen molar-refractivity contribution in [1.29, 1.82) is 0 Å². The van der Waals surface area contributed by atoms with E-state index in [-0.39, 0.29) is 27.7 Å². The number of thiazole rings is 1. The molecule has 0 unspecified atom stereocenters. The fourth-order valence-electron chi connectivity index (χ4n) is 3.37. The number of aryl methyl sites for hydroxylation is 2. The van der Waals surface area contributed by atoms with Gasteiger partial charge < -0.3 is 19.8 Å². The van der Waals surface area contributed by atoms with Gasteiger partial charge in [0.05, 0.1) is 5.69 Å². The molecule has 0 spiro atoms. The van der Waals surface area contributed by atoms with Crippen LogP contribution in [0.25, 0.3) is 11.4 Å². The topological polar surface area (TPSA) is 139 Å². The number of carboxylic acid groups (broad SMARTS) is 1. The van der Waals surface area contributed by atoms with Crippen LogP contribution in [0.5, 0.6) is 0 Å². The molecule has 0 saturated carbocycles. The molecule has 2 aromatic heterocycles. The van der Waals surface area contributed by atoms with Crippen molar-refractivity contribution in [3.63, 3.8) is 0 Å². The van der Waals surface area contributed by atoms with E-state index < -0.39 is 5.97 Å². The Morgan fingerprint density at radius 1 is 1.26 bits per heavy atom. The molecule has 0 aliphatic carbocycles. The van der Waals surface area contributed by atoms with Crippen LogP contribution in [0, 0.1) is 13.8 Å². The highest BCUT2D eigenvalue weighted by atomic mass is 32.1. The van der Waals surface area contributed by atoms with Crippen LogP contribution in [-0.4, -0.2) is 62.0 Å². The SMILES string of the molecule is Cc1nc(-c2cccc(C(=O)N[C@@H]3CCN(C(=O)c4nc(C)c(C(=O)O)s4)C3)c2)no1. The third kappa shape index (κ3) is 4.31. The molecule has 1 saturated heterocycles. The lowest BCUT2D eigenvalue weighted by molar-refractivity contribution is 0.0700. The van der Waals surface area contributed by atoms with Gasteiger partial charge in [-0.1, -0.05) is 17.3 Å². The lowest BCUT2D eigenvalue weighted by atomic mass is 10.1. The molecule has 10 nitrogen and oxygen atoms in total. The van der Waals surface area contributed by atoms with Crippen LogP contribution in [0.15, 0.2) is 28.8 Å². The molecular weight excluding hydrogens is 422 g/mol. The summed E-state index contributed by atoms with van der Waals surface area (Å²) in [5, 5.41) is 16.1. The molecule has 160 valence electrons. The van der Waals surface area contributed by atoms with Crippen LogP contribution < -0.4 is 5.32 Å². The quantitative estimate of drug-likeness (QED) is 0.614. The van der Waals surface area contributed by atoms with Crippen LogP contribution >= 0.6 is 11.3 Å². The first kappa shape index (κ1) is 20.7. The maximum absolute atomic E-state index is 12.7. The Bertz CT molecular complexity index is 1170. The normalized spacial score (nSPS) is 15.8. The van der Waals surface area contributed by atoms with E-state index in [1.54, 1.807) is 43.0 Å². The number of rotatable bonds is 5. The zero-order chi connectivity index (χ0) is 22.1. The van der Waals surface area contributed by atoms with Crippen LogP contribution in [0.4, 0.5) is 0 Å².